The number of hydrogen-bond acceptors (Lipinski definition) is 3. The van der Waals surface area contributed by atoms with Crippen LogP contribution in [-0.4, -0.2) is 36.2 Å². The molecule has 1 atom stereocenters. The zero-order chi connectivity index (χ0) is 14.3. The predicted molar refractivity (Wildman–Crippen MR) is 72.9 cm³/mol. The molecule has 1 aromatic rings. The second-order valence-corrected chi connectivity index (χ2v) is 4.33. The minimum atomic E-state index is -0.606. The molecular weight excluding hydrogens is 246 g/mol. The van der Waals surface area contributed by atoms with E-state index < -0.39 is 12.1 Å². The van der Waals surface area contributed by atoms with Crippen LogP contribution in [0.15, 0.2) is 24.3 Å². The lowest BCUT2D eigenvalue weighted by molar-refractivity contribution is -0.120. The van der Waals surface area contributed by atoms with Crippen LogP contribution in [0.5, 0.6) is 0 Å². The first-order valence-electron chi connectivity index (χ1n) is 6.03. The van der Waals surface area contributed by atoms with Gasteiger partial charge in [-0.1, -0.05) is 12.1 Å². The molecule has 6 heteroatoms. The SMILES string of the molecule is Cc1cccc(NC(=O)NCC(=O)NCC(C)O)c1. The van der Waals surface area contributed by atoms with Crippen molar-refractivity contribution in [1.29, 1.82) is 0 Å². The Kier molecular flexibility index (Phi) is 5.81. The van der Waals surface area contributed by atoms with E-state index in [4.69, 9.17) is 5.11 Å². The van der Waals surface area contributed by atoms with Crippen molar-refractivity contribution in [2.75, 3.05) is 18.4 Å². The molecule has 0 heterocycles. The van der Waals surface area contributed by atoms with E-state index in [2.05, 4.69) is 16.0 Å². The van der Waals surface area contributed by atoms with Gasteiger partial charge < -0.3 is 21.1 Å². The molecule has 0 aliphatic heterocycles. The van der Waals surface area contributed by atoms with E-state index in [0.717, 1.165) is 5.56 Å². The summed E-state index contributed by atoms with van der Waals surface area (Å²) in [7, 11) is 0. The van der Waals surface area contributed by atoms with Crippen molar-refractivity contribution >= 4 is 17.6 Å². The number of rotatable bonds is 5. The van der Waals surface area contributed by atoms with E-state index in [9.17, 15) is 9.59 Å². The first-order valence-corrected chi connectivity index (χ1v) is 6.03. The van der Waals surface area contributed by atoms with E-state index in [1.807, 2.05) is 25.1 Å². The number of aryl methyl sites for hydroxylation is 1. The topological polar surface area (TPSA) is 90.5 Å². The number of carbonyl (C=O) groups is 2. The fourth-order valence-corrected chi connectivity index (χ4v) is 1.38. The van der Waals surface area contributed by atoms with Crippen molar-refractivity contribution in [1.82, 2.24) is 10.6 Å². The summed E-state index contributed by atoms with van der Waals surface area (Å²) < 4.78 is 0. The molecule has 0 aliphatic rings. The van der Waals surface area contributed by atoms with Crippen LogP contribution in [0.1, 0.15) is 12.5 Å². The molecule has 104 valence electrons. The molecule has 1 rings (SSSR count). The molecular formula is C13H19N3O3. The van der Waals surface area contributed by atoms with Gasteiger partial charge in [-0.2, -0.15) is 0 Å². The third-order valence-corrected chi connectivity index (χ3v) is 2.28. The molecule has 0 aliphatic carbocycles. The van der Waals surface area contributed by atoms with Crippen molar-refractivity contribution in [2.45, 2.75) is 20.0 Å². The number of aliphatic hydroxyl groups is 1. The Labute approximate surface area is 112 Å². The molecule has 0 fully saturated rings. The van der Waals surface area contributed by atoms with Crippen LogP contribution in [0, 0.1) is 6.92 Å². The highest BCUT2D eigenvalue weighted by atomic mass is 16.3. The Hall–Kier alpha value is -2.08. The number of carbonyl (C=O) groups excluding carboxylic acids is 2. The molecule has 3 amide bonds. The van der Waals surface area contributed by atoms with Crippen LogP contribution >= 0.6 is 0 Å². The second-order valence-electron chi connectivity index (χ2n) is 4.33. The third-order valence-electron chi connectivity index (χ3n) is 2.28. The molecule has 19 heavy (non-hydrogen) atoms. The van der Waals surface area contributed by atoms with E-state index in [1.54, 1.807) is 13.0 Å². The van der Waals surface area contributed by atoms with Crippen LogP contribution in [0.4, 0.5) is 10.5 Å². The van der Waals surface area contributed by atoms with Crippen LogP contribution in [0.2, 0.25) is 0 Å². The summed E-state index contributed by atoms with van der Waals surface area (Å²) >= 11 is 0. The zero-order valence-corrected chi connectivity index (χ0v) is 11.1. The van der Waals surface area contributed by atoms with Crippen LogP contribution in [-0.2, 0) is 4.79 Å². The van der Waals surface area contributed by atoms with Gasteiger partial charge in [0, 0.05) is 12.2 Å². The third kappa shape index (κ3) is 6.42. The van der Waals surface area contributed by atoms with Crippen molar-refractivity contribution in [3.05, 3.63) is 29.8 Å². The van der Waals surface area contributed by atoms with Gasteiger partial charge in [-0.15, -0.1) is 0 Å². The summed E-state index contributed by atoms with van der Waals surface area (Å²) in [6, 6.07) is 6.90. The van der Waals surface area contributed by atoms with Gasteiger partial charge in [0.25, 0.3) is 0 Å². The molecule has 0 saturated heterocycles. The Morgan fingerprint density at radius 2 is 2.05 bits per heavy atom. The molecule has 0 spiro atoms. The Morgan fingerprint density at radius 3 is 2.68 bits per heavy atom. The van der Waals surface area contributed by atoms with Crippen molar-refractivity contribution in [3.8, 4) is 0 Å². The smallest absolute Gasteiger partial charge is 0.319 e. The maximum Gasteiger partial charge on any atom is 0.319 e. The maximum atomic E-state index is 11.5. The standard InChI is InChI=1S/C13H19N3O3/c1-9-4-3-5-11(6-9)16-13(19)15-8-12(18)14-7-10(2)17/h3-6,10,17H,7-8H2,1-2H3,(H,14,18)(H2,15,16,19). The fraction of sp³-hybridized carbons (Fsp3) is 0.385. The summed E-state index contributed by atoms with van der Waals surface area (Å²) in [5, 5.41) is 16.5. The van der Waals surface area contributed by atoms with Gasteiger partial charge in [0.15, 0.2) is 0 Å². The van der Waals surface area contributed by atoms with Gasteiger partial charge in [-0.25, -0.2) is 4.79 Å². The van der Waals surface area contributed by atoms with E-state index in [0.29, 0.717) is 5.69 Å². The molecule has 0 aromatic heterocycles. The quantitative estimate of drug-likeness (QED) is 0.629. The zero-order valence-electron chi connectivity index (χ0n) is 11.1. The lowest BCUT2D eigenvalue weighted by atomic mass is 10.2. The summed E-state index contributed by atoms with van der Waals surface area (Å²) in [5.41, 5.74) is 1.70. The number of hydrogen-bond donors (Lipinski definition) is 4. The molecule has 0 saturated carbocycles. The minimum absolute atomic E-state index is 0.135. The second kappa shape index (κ2) is 7.38. The van der Waals surface area contributed by atoms with Gasteiger partial charge in [0.2, 0.25) is 5.91 Å². The predicted octanol–water partition coefficient (Wildman–Crippen LogP) is 0.614. The monoisotopic (exact) mass is 265 g/mol. The van der Waals surface area contributed by atoms with E-state index >= 15 is 0 Å². The van der Waals surface area contributed by atoms with Gasteiger partial charge in [0.05, 0.1) is 12.6 Å². The van der Waals surface area contributed by atoms with Crippen molar-refractivity contribution in [2.24, 2.45) is 0 Å². The molecule has 6 nitrogen and oxygen atoms in total. The summed E-state index contributed by atoms with van der Waals surface area (Å²) in [4.78, 5) is 22.8. The largest absolute Gasteiger partial charge is 0.392 e. The van der Waals surface area contributed by atoms with Crippen molar-refractivity contribution in [3.63, 3.8) is 0 Å². The summed E-state index contributed by atoms with van der Waals surface area (Å²) in [6.07, 6.45) is -0.606. The van der Waals surface area contributed by atoms with Gasteiger partial charge in [-0.3, -0.25) is 4.79 Å². The van der Waals surface area contributed by atoms with Gasteiger partial charge in [0.1, 0.15) is 0 Å². The van der Waals surface area contributed by atoms with Crippen molar-refractivity contribution < 1.29 is 14.7 Å². The number of anilines is 1. The highest BCUT2D eigenvalue weighted by Gasteiger charge is 2.06. The molecule has 1 aromatic carbocycles. The number of aliphatic hydroxyl groups excluding tert-OH is 1. The maximum absolute atomic E-state index is 11.5. The lowest BCUT2D eigenvalue weighted by Crippen LogP contribution is -2.40. The Morgan fingerprint density at radius 1 is 1.32 bits per heavy atom. The fourth-order valence-electron chi connectivity index (χ4n) is 1.38. The van der Waals surface area contributed by atoms with E-state index in [-0.39, 0.29) is 19.0 Å². The summed E-state index contributed by atoms with van der Waals surface area (Å²) in [5.74, 6) is -0.347. The summed E-state index contributed by atoms with van der Waals surface area (Å²) in [6.45, 7) is 3.52. The first kappa shape index (κ1) is 15.0. The Bertz CT molecular complexity index is 447. The lowest BCUT2D eigenvalue weighted by Gasteiger charge is -2.09. The average molecular weight is 265 g/mol. The van der Waals surface area contributed by atoms with Gasteiger partial charge in [-0.05, 0) is 31.5 Å². The van der Waals surface area contributed by atoms with E-state index in [1.165, 1.54) is 0 Å². The van der Waals surface area contributed by atoms with Crippen LogP contribution < -0.4 is 16.0 Å². The van der Waals surface area contributed by atoms with Crippen LogP contribution in [0.25, 0.3) is 0 Å². The number of urea groups is 1. The number of nitrogens with one attached hydrogen (secondary N) is 3. The van der Waals surface area contributed by atoms with Gasteiger partial charge >= 0.3 is 6.03 Å². The molecule has 0 bridgehead atoms. The highest BCUT2D eigenvalue weighted by Crippen LogP contribution is 2.08. The molecule has 1 unspecified atom stereocenters. The number of amides is 3. The normalized spacial score (nSPS) is 11.5. The Balaban J connectivity index is 2.30. The molecule has 4 N–H and O–H groups in total. The average Bonchev–Trinajstić information content (AvgIpc) is 2.34. The molecule has 0 radical (unpaired) electrons. The number of benzene rings is 1. The highest BCUT2D eigenvalue weighted by molar-refractivity contribution is 5.92. The van der Waals surface area contributed by atoms with Crippen LogP contribution in [0.3, 0.4) is 0 Å². The first-order chi connectivity index (χ1) is 8.97. The minimum Gasteiger partial charge on any atom is -0.392 e.